The summed E-state index contributed by atoms with van der Waals surface area (Å²) in [5.74, 6) is 0.694. The second-order valence-electron chi connectivity index (χ2n) is 3.91. The fourth-order valence-electron chi connectivity index (χ4n) is 1.43. The van der Waals surface area contributed by atoms with E-state index in [-0.39, 0.29) is 23.3 Å². The first-order valence-electron chi connectivity index (χ1n) is 5.58. The van der Waals surface area contributed by atoms with Crippen molar-refractivity contribution in [3.63, 3.8) is 0 Å². The quantitative estimate of drug-likeness (QED) is 0.736. The van der Waals surface area contributed by atoms with Gasteiger partial charge in [0.25, 0.3) is 0 Å². The molecule has 0 saturated carbocycles. The normalized spacial score (nSPS) is 10.5. The second-order valence-corrected chi connectivity index (χ2v) is 3.91. The van der Waals surface area contributed by atoms with Crippen LogP contribution in [0.5, 0.6) is 11.8 Å². The van der Waals surface area contributed by atoms with Gasteiger partial charge in [-0.15, -0.1) is 0 Å². The molecule has 17 heavy (non-hydrogen) atoms. The first kappa shape index (κ1) is 13.4. The molecule has 0 aliphatic carbocycles. The van der Waals surface area contributed by atoms with Crippen molar-refractivity contribution in [2.45, 2.75) is 33.1 Å². The summed E-state index contributed by atoms with van der Waals surface area (Å²) in [4.78, 5) is 20.2. The molecule has 0 amide bonds. The van der Waals surface area contributed by atoms with Crippen LogP contribution in [-0.2, 0) is 0 Å². The van der Waals surface area contributed by atoms with Gasteiger partial charge in [-0.25, -0.2) is 9.97 Å². The van der Waals surface area contributed by atoms with Crippen LogP contribution in [0.3, 0.4) is 0 Å². The molecule has 0 spiro atoms. The predicted molar refractivity (Wildman–Crippen MR) is 63.8 cm³/mol. The lowest BCUT2D eigenvalue weighted by molar-refractivity contribution is 0.0978. The third-order valence-corrected chi connectivity index (χ3v) is 2.38. The summed E-state index contributed by atoms with van der Waals surface area (Å²) >= 11 is 0. The Labute approximate surface area is 101 Å². The van der Waals surface area contributed by atoms with Gasteiger partial charge in [0.05, 0.1) is 14.2 Å². The van der Waals surface area contributed by atoms with Crippen LogP contribution in [-0.4, -0.2) is 30.0 Å². The van der Waals surface area contributed by atoms with Crippen LogP contribution in [0, 0.1) is 0 Å². The van der Waals surface area contributed by atoms with Crippen molar-refractivity contribution in [1.29, 1.82) is 0 Å². The van der Waals surface area contributed by atoms with Gasteiger partial charge in [0.2, 0.25) is 11.8 Å². The number of rotatable bonds is 5. The highest BCUT2D eigenvalue weighted by Crippen LogP contribution is 2.27. The lowest BCUT2D eigenvalue weighted by Crippen LogP contribution is -2.10. The van der Waals surface area contributed by atoms with Crippen LogP contribution >= 0.6 is 0 Å². The minimum atomic E-state index is -0.108. The van der Waals surface area contributed by atoms with Crippen molar-refractivity contribution in [3.8, 4) is 11.8 Å². The molecule has 0 fully saturated rings. The van der Waals surface area contributed by atoms with Crippen molar-refractivity contribution in [2.24, 2.45) is 0 Å². The summed E-state index contributed by atoms with van der Waals surface area (Å²) in [6, 6.07) is 0. The average Bonchev–Trinajstić information content (AvgIpc) is 2.35. The number of methoxy groups -OCH3 is 2. The number of hydrogen-bond acceptors (Lipinski definition) is 5. The molecule has 0 N–H and O–H groups in total. The Kier molecular flexibility index (Phi) is 4.43. The molecule has 1 heterocycles. The average molecular weight is 238 g/mol. The molecule has 0 aliphatic heterocycles. The molecular weight excluding hydrogens is 220 g/mol. The number of hydrogen-bond donors (Lipinski definition) is 0. The number of carbonyl (C=O) groups excluding carboxylic acids is 1. The van der Waals surface area contributed by atoms with E-state index >= 15 is 0 Å². The van der Waals surface area contributed by atoms with Gasteiger partial charge in [0, 0.05) is 12.3 Å². The van der Waals surface area contributed by atoms with Gasteiger partial charge < -0.3 is 9.47 Å². The zero-order valence-corrected chi connectivity index (χ0v) is 10.9. The van der Waals surface area contributed by atoms with Gasteiger partial charge in [-0.3, -0.25) is 4.79 Å². The van der Waals surface area contributed by atoms with E-state index in [1.807, 2.05) is 13.8 Å². The molecule has 5 heteroatoms. The Morgan fingerprint density at radius 1 is 1.18 bits per heavy atom. The van der Waals surface area contributed by atoms with Crippen molar-refractivity contribution in [3.05, 3.63) is 11.4 Å². The van der Waals surface area contributed by atoms with Crippen LogP contribution in [0.25, 0.3) is 0 Å². The summed E-state index contributed by atoms with van der Waals surface area (Å²) in [5.41, 5.74) is 0.924. The molecule has 1 rings (SSSR count). The fraction of sp³-hybridized carbons (Fsp3) is 0.583. The molecule has 0 aromatic carbocycles. The molecule has 0 bridgehead atoms. The molecule has 94 valence electrons. The number of nitrogens with zero attached hydrogens (tertiary/aromatic N) is 2. The zero-order chi connectivity index (χ0) is 13.0. The van der Waals surface area contributed by atoms with E-state index in [4.69, 9.17) is 9.47 Å². The van der Waals surface area contributed by atoms with Gasteiger partial charge in [-0.2, -0.15) is 0 Å². The lowest BCUT2D eigenvalue weighted by atomic mass is 10.1. The number of Topliss-reactive ketones (excluding diaryl/α,β-unsaturated/α-hetero) is 1. The van der Waals surface area contributed by atoms with Gasteiger partial charge in [-0.1, -0.05) is 20.8 Å². The molecule has 1 aromatic rings. The summed E-state index contributed by atoms with van der Waals surface area (Å²) < 4.78 is 10.3. The van der Waals surface area contributed by atoms with E-state index in [1.54, 1.807) is 6.92 Å². The van der Waals surface area contributed by atoms with E-state index in [2.05, 4.69) is 9.97 Å². The van der Waals surface area contributed by atoms with Crippen LogP contribution in [0.2, 0.25) is 0 Å². The number of ketones is 1. The SMILES string of the molecule is CCC(=O)c1nc(OC)c(C(C)C)nc1OC. The van der Waals surface area contributed by atoms with Crippen molar-refractivity contribution in [2.75, 3.05) is 14.2 Å². The lowest BCUT2D eigenvalue weighted by Gasteiger charge is -2.13. The molecule has 1 aromatic heterocycles. The van der Waals surface area contributed by atoms with Gasteiger partial charge in [-0.05, 0) is 0 Å². The zero-order valence-electron chi connectivity index (χ0n) is 10.9. The first-order chi connectivity index (χ1) is 8.04. The Morgan fingerprint density at radius 3 is 2.18 bits per heavy atom. The molecule has 0 unspecified atom stereocenters. The highest BCUT2D eigenvalue weighted by molar-refractivity contribution is 5.96. The Balaban J connectivity index is 3.37. The van der Waals surface area contributed by atoms with E-state index in [9.17, 15) is 4.79 Å². The second kappa shape index (κ2) is 5.61. The highest BCUT2D eigenvalue weighted by Gasteiger charge is 2.20. The number of carbonyl (C=O) groups is 1. The van der Waals surface area contributed by atoms with Gasteiger partial charge in [0.15, 0.2) is 11.5 Å². The van der Waals surface area contributed by atoms with Crippen LogP contribution in [0.15, 0.2) is 0 Å². The molecule has 0 saturated heterocycles. The van der Waals surface area contributed by atoms with Gasteiger partial charge >= 0.3 is 0 Å². The maximum absolute atomic E-state index is 11.7. The smallest absolute Gasteiger partial charge is 0.244 e. The van der Waals surface area contributed by atoms with E-state index in [1.165, 1.54) is 14.2 Å². The van der Waals surface area contributed by atoms with Crippen LogP contribution < -0.4 is 9.47 Å². The maximum Gasteiger partial charge on any atom is 0.244 e. The number of aromatic nitrogens is 2. The molecule has 0 radical (unpaired) electrons. The fourth-order valence-corrected chi connectivity index (χ4v) is 1.43. The molecule has 0 atom stereocenters. The number of ether oxygens (including phenoxy) is 2. The maximum atomic E-state index is 11.7. The summed E-state index contributed by atoms with van der Waals surface area (Å²) in [7, 11) is 3.00. The molecular formula is C12H18N2O3. The summed E-state index contributed by atoms with van der Waals surface area (Å²) in [6.45, 7) is 5.73. The minimum absolute atomic E-state index is 0.108. The summed E-state index contributed by atoms with van der Waals surface area (Å²) in [5, 5.41) is 0. The summed E-state index contributed by atoms with van der Waals surface area (Å²) in [6.07, 6.45) is 0.356. The van der Waals surface area contributed by atoms with Crippen molar-refractivity contribution < 1.29 is 14.3 Å². The van der Waals surface area contributed by atoms with Crippen LogP contribution in [0.4, 0.5) is 0 Å². The Hall–Kier alpha value is -1.65. The largest absolute Gasteiger partial charge is 0.480 e. The van der Waals surface area contributed by atoms with E-state index in [0.717, 1.165) is 0 Å². The Morgan fingerprint density at radius 2 is 1.76 bits per heavy atom. The third-order valence-electron chi connectivity index (χ3n) is 2.38. The minimum Gasteiger partial charge on any atom is -0.480 e. The first-order valence-corrected chi connectivity index (χ1v) is 5.58. The van der Waals surface area contributed by atoms with Crippen molar-refractivity contribution in [1.82, 2.24) is 9.97 Å². The van der Waals surface area contributed by atoms with Crippen molar-refractivity contribution >= 4 is 5.78 Å². The highest BCUT2D eigenvalue weighted by atomic mass is 16.5. The Bertz CT molecular complexity index is 416. The van der Waals surface area contributed by atoms with Gasteiger partial charge in [0.1, 0.15) is 5.69 Å². The van der Waals surface area contributed by atoms with E-state index in [0.29, 0.717) is 18.0 Å². The molecule has 5 nitrogen and oxygen atoms in total. The third kappa shape index (κ3) is 2.72. The monoisotopic (exact) mass is 238 g/mol. The van der Waals surface area contributed by atoms with Crippen LogP contribution in [0.1, 0.15) is 49.3 Å². The molecule has 0 aliphatic rings. The predicted octanol–water partition coefficient (Wildman–Crippen LogP) is 2.21. The standard InChI is InChI=1S/C12H18N2O3/c1-6-8(15)10-12(17-5)13-9(7(2)3)11(14-10)16-4/h7H,6H2,1-5H3. The topological polar surface area (TPSA) is 61.3 Å². The van der Waals surface area contributed by atoms with E-state index < -0.39 is 0 Å².